The third kappa shape index (κ3) is 6.15. The molecule has 9 aromatic carbocycles. The Morgan fingerprint density at radius 1 is 0.271 bits per heavy atom. The van der Waals surface area contributed by atoms with Crippen molar-refractivity contribution in [1.82, 2.24) is 19.5 Å². The van der Waals surface area contributed by atoms with Crippen LogP contribution in [0.4, 0.5) is 0 Å². The average Bonchev–Trinajstić information content (AvgIpc) is 3.65. The van der Waals surface area contributed by atoms with E-state index in [9.17, 15) is 0 Å². The maximum Gasteiger partial charge on any atom is 0.164 e. The summed E-state index contributed by atoms with van der Waals surface area (Å²) >= 11 is 0. The first kappa shape index (κ1) is 34.3. The molecule has 0 aliphatic heterocycles. The second kappa shape index (κ2) is 14.5. The van der Waals surface area contributed by atoms with Gasteiger partial charge in [-0.2, -0.15) is 0 Å². The molecule has 11 aromatic rings. The molecule has 0 aliphatic carbocycles. The van der Waals surface area contributed by atoms with Gasteiger partial charge in [-0.3, -0.25) is 0 Å². The van der Waals surface area contributed by atoms with Crippen molar-refractivity contribution in [2.24, 2.45) is 0 Å². The Balaban J connectivity index is 1.21. The third-order valence-corrected chi connectivity index (χ3v) is 11.2. The smallest absolute Gasteiger partial charge is 0.164 e. The van der Waals surface area contributed by atoms with Gasteiger partial charge in [0.1, 0.15) is 0 Å². The minimum Gasteiger partial charge on any atom is -0.308 e. The third-order valence-electron chi connectivity index (χ3n) is 11.2. The number of rotatable bonds is 7. The molecule has 11 rings (SSSR count). The fraction of sp³-hybridized carbons (Fsp3) is 0. The van der Waals surface area contributed by atoms with Crippen molar-refractivity contribution in [1.29, 1.82) is 0 Å². The van der Waals surface area contributed by atoms with Crippen LogP contribution in [0.15, 0.2) is 218 Å². The van der Waals surface area contributed by atoms with Crippen molar-refractivity contribution in [3.63, 3.8) is 0 Å². The quantitative estimate of drug-likeness (QED) is 0.163. The second-order valence-electron chi connectivity index (χ2n) is 14.8. The van der Waals surface area contributed by atoms with Gasteiger partial charge in [-0.15, -0.1) is 0 Å². The molecular weight excluding hydrogens is 717 g/mol. The van der Waals surface area contributed by atoms with Crippen LogP contribution in [-0.2, 0) is 0 Å². The molecule has 0 spiro atoms. The highest BCUT2D eigenvalue weighted by molar-refractivity contribution is 6.17. The molecule has 4 nitrogen and oxygen atoms in total. The molecule has 2 heterocycles. The van der Waals surface area contributed by atoms with Gasteiger partial charge in [0.25, 0.3) is 0 Å². The van der Waals surface area contributed by atoms with Crippen molar-refractivity contribution in [2.75, 3.05) is 0 Å². The van der Waals surface area contributed by atoms with Crippen LogP contribution in [0.3, 0.4) is 0 Å². The van der Waals surface area contributed by atoms with Gasteiger partial charge in [-0.05, 0) is 69.6 Å². The molecule has 0 radical (unpaired) electrons. The van der Waals surface area contributed by atoms with E-state index in [1.165, 1.54) is 38.6 Å². The first-order valence-electron chi connectivity index (χ1n) is 19.9. The van der Waals surface area contributed by atoms with Gasteiger partial charge < -0.3 is 4.57 Å². The lowest BCUT2D eigenvalue weighted by Gasteiger charge is -2.17. The van der Waals surface area contributed by atoms with Crippen LogP contribution in [0.25, 0.3) is 106 Å². The second-order valence-corrected chi connectivity index (χ2v) is 14.8. The largest absolute Gasteiger partial charge is 0.308 e. The highest BCUT2D eigenvalue weighted by Crippen LogP contribution is 2.44. The summed E-state index contributed by atoms with van der Waals surface area (Å²) in [6.45, 7) is 0. The van der Waals surface area contributed by atoms with Crippen molar-refractivity contribution in [3.05, 3.63) is 218 Å². The van der Waals surface area contributed by atoms with Crippen LogP contribution in [0.1, 0.15) is 0 Å². The van der Waals surface area contributed by atoms with E-state index in [1.807, 2.05) is 60.7 Å². The van der Waals surface area contributed by atoms with Crippen LogP contribution in [0, 0.1) is 0 Å². The van der Waals surface area contributed by atoms with Gasteiger partial charge in [-0.25, -0.2) is 15.0 Å². The lowest BCUT2D eigenvalue weighted by atomic mass is 9.95. The summed E-state index contributed by atoms with van der Waals surface area (Å²) < 4.78 is 2.47. The van der Waals surface area contributed by atoms with Crippen LogP contribution < -0.4 is 0 Å². The first-order chi connectivity index (χ1) is 29.3. The molecule has 0 unspecified atom stereocenters. The molecule has 0 bridgehead atoms. The predicted octanol–water partition coefficient (Wildman–Crippen LogP) is 14.1. The fourth-order valence-corrected chi connectivity index (χ4v) is 8.45. The van der Waals surface area contributed by atoms with E-state index in [2.05, 4.69) is 162 Å². The molecule has 0 saturated heterocycles. The summed E-state index contributed by atoms with van der Waals surface area (Å²) in [4.78, 5) is 15.3. The maximum atomic E-state index is 5.14. The Labute approximate surface area is 342 Å². The Hall–Kier alpha value is -7.95. The predicted molar refractivity (Wildman–Crippen MR) is 244 cm³/mol. The molecule has 276 valence electrons. The van der Waals surface area contributed by atoms with Gasteiger partial charge in [-0.1, -0.05) is 182 Å². The average molecular weight is 753 g/mol. The number of hydrogen-bond acceptors (Lipinski definition) is 3. The van der Waals surface area contributed by atoms with Crippen molar-refractivity contribution >= 4 is 32.6 Å². The van der Waals surface area contributed by atoms with Gasteiger partial charge in [0.15, 0.2) is 17.5 Å². The minimum atomic E-state index is 0.632. The van der Waals surface area contributed by atoms with Crippen molar-refractivity contribution < 1.29 is 0 Å². The van der Waals surface area contributed by atoms with Crippen LogP contribution in [0.5, 0.6) is 0 Å². The maximum absolute atomic E-state index is 5.14. The summed E-state index contributed by atoms with van der Waals surface area (Å²) in [7, 11) is 0. The molecule has 4 heteroatoms. The molecule has 0 aliphatic rings. The molecular formula is C55H36N4. The standard InChI is InChI=1S/C55H36N4/c1-6-18-37(19-7-1)42-30-32-51-48(34-42)49-36-43(38-20-8-2-9-21-38)35-47(39-22-10-3-11-23-39)52(49)59(51)50-33-31-46(44-28-16-17-29-45(44)50)55-57-53(40-24-12-4-13-25-40)56-54(58-55)41-26-14-5-15-27-41/h1-36H. The van der Waals surface area contributed by atoms with Gasteiger partial charge in [0, 0.05) is 38.4 Å². The summed E-state index contributed by atoms with van der Waals surface area (Å²) in [5.74, 6) is 1.91. The highest BCUT2D eigenvalue weighted by atomic mass is 15.0. The summed E-state index contributed by atoms with van der Waals surface area (Å²) in [6, 6.07) is 77.2. The van der Waals surface area contributed by atoms with E-state index in [0.717, 1.165) is 49.7 Å². The molecule has 0 amide bonds. The number of hydrogen-bond donors (Lipinski definition) is 0. The van der Waals surface area contributed by atoms with E-state index in [1.54, 1.807) is 0 Å². The van der Waals surface area contributed by atoms with Gasteiger partial charge in [0.2, 0.25) is 0 Å². The SMILES string of the molecule is c1ccc(-c2ccc3c(c2)c2cc(-c4ccccc4)cc(-c4ccccc4)c2n3-c2ccc(-c3nc(-c4ccccc4)nc(-c4ccccc4)n3)c3ccccc23)cc1. The summed E-state index contributed by atoms with van der Waals surface area (Å²) in [5.41, 5.74) is 13.3. The van der Waals surface area contributed by atoms with E-state index in [4.69, 9.17) is 15.0 Å². The minimum absolute atomic E-state index is 0.632. The van der Waals surface area contributed by atoms with Crippen LogP contribution in [0.2, 0.25) is 0 Å². The van der Waals surface area contributed by atoms with E-state index >= 15 is 0 Å². The zero-order valence-electron chi connectivity index (χ0n) is 32.1. The Bertz CT molecular complexity index is 3230. The molecule has 0 atom stereocenters. The van der Waals surface area contributed by atoms with E-state index in [-0.39, 0.29) is 0 Å². The monoisotopic (exact) mass is 752 g/mol. The molecule has 2 aromatic heterocycles. The normalized spacial score (nSPS) is 11.4. The Morgan fingerprint density at radius 3 is 1.34 bits per heavy atom. The zero-order chi connectivity index (χ0) is 39.1. The Kier molecular flexibility index (Phi) is 8.45. The lowest BCUT2D eigenvalue weighted by molar-refractivity contribution is 1.08. The number of fused-ring (bicyclic) bond motifs is 4. The van der Waals surface area contributed by atoms with Crippen LogP contribution in [-0.4, -0.2) is 19.5 Å². The molecule has 59 heavy (non-hydrogen) atoms. The highest BCUT2D eigenvalue weighted by Gasteiger charge is 2.22. The lowest BCUT2D eigenvalue weighted by Crippen LogP contribution is -2.02. The number of nitrogens with zero attached hydrogens (tertiary/aromatic N) is 4. The fourth-order valence-electron chi connectivity index (χ4n) is 8.45. The van der Waals surface area contributed by atoms with E-state index in [0.29, 0.717) is 17.5 Å². The van der Waals surface area contributed by atoms with Crippen molar-refractivity contribution in [3.8, 4) is 73.2 Å². The summed E-state index contributed by atoms with van der Waals surface area (Å²) in [6.07, 6.45) is 0. The van der Waals surface area contributed by atoms with Gasteiger partial charge >= 0.3 is 0 Å². The topological polar surface area (TPSA) is 43.6 Å². The first-order valence-corrected chi connectivity index (χ1v) is 19.9. The Morgan fingerprint density at radius 2 is 0.746 bits per heavy atom. The summed E-state index contributed by atoms with van der Waals surface area (Å²) in [5, 5.41) is 4.56. The van der Waals surface area contributed by atoms with Crippen LogP contribution >= 0.6 is 0 Å². The van der Waals surface area contributed by atoms with E-state index < -0.39 is 0 Å². The molecule has 0 fully saturated rings. The number of benzene rings is 9. The van der Waals surface area contributed by atoms with Crippen molar-refractivity contribution in [2.45, 2.75) is 0 Å². The van der Waals surface area contributed by atoms with Gasteiger partial charge in [0.05, 0.1) is 16.7 Å². The number of aromatic nitrogens is 4. The molecule has 0 N–H and O–H groups in total. The zero-order valence-corrected chi connectivity index (χ0v) is 32.1. The molecule has 0 saturated carbocycles.